The Balaban J connectivity index is 2.52. The Bertz CT molecular complexity index is 326. The highest BCUT2D eigenvalue weighted by Gasteiger charge is 2.29. The van der Waals surface area contributed by atoms with E-state index in [2.05, 4.69) is 45.1 Å². The van der Waals surface area contributed by atoms with Gasteiger partial charge in [0.15, 0.2) is 0 Å². The van der Waals surface area contributed by atoms with E-state index >= 15 is 0 Å². The Morgan fingerprint density at radius 1 is 1.29 bits per heavy atom. The van der Waals surface area contributed by atoms with Gasteiger partial charge in [-0.1, -0.05) is 20.8 Å². The number of hydrogen-bond donors (Lipinski definition) is 2. The molecular weight excluding hydrogens is 266 g/mol. The van der Waals surface area contributed by atoms with Crippen molar-refractivity contribution in [1.29, 1.82) is 0 Å². The van der Waals surface area contributed by atoms with Gasteiger partial charge in [0.25, 0.3) is 0 Å². The van der Waals surface area contributed by atoms with Gasteiger partial charge in [-0.2, -0.15) is 0 Å². The summed E-state index contributed by atoms with van der Waals surface area (Å²) < 4.78 is 0. The fourth-order valence-corrected chi connectivity index (χ4v) is 2.91. The van der Waals surface area contributed by atoms with E-state index in [1.807, 2.05) is 4.90 Å². The number of urea groups is 1. The van der Waals surface area contributed by atoms with Crippen molar-refractivity contribution < 1.29 is 9.90 Å². The van der Waals surface area contributed by atoms with Gasteiger partial charge >= 0.3 is 6.03 Å². The summed E-state index contributed by atoms with van der Waals surface area (Å²) in [6, 6.07) is 0.869. The van der Waals surface area contributed by atoms with E-state index in [-0.39, 0.29) is 24.1 Å². The minimum atomic E-state index is 0.0165. The van der Waals surface area contributed by atoms with Crippen molar-refractivity contribution in [2.24, 2.45) is 5.41 Å². The lowest BCUT2D eigenvalue weighted by Crippen LogP contribution is -2.47. The molecule has 1 aliphatic rings. The van der Waals surface area contributed by atoms with Crippen LogP contribution in [0.5, 0.6) is 0 Å². The van der Waals surface area contributed by atoms with Crippen molar-refractivity contribution in [3.05, 3.63) is 0 Å². The summed E-state index contributed by atoms with van der Waals surface area (Å²) in [6.45, 7) is 7.84. The fourth-order valence-electron chi connectivity index (χ4n) is 2.91. The maximum atomic E-state index is 12.5. The molecule has 0 aromatic heterocycles. The van der Waals surface area contributed by atoms with Crippen molar-refractivity contribution in [3.63, 3.8) is 0 Å². The van der Waals surface area contributed by atoms with Gasteiger partial charge in [-0.15, -0.1) is 0 Å². The Hall–Kier alpha value is -0.810. The molecule has 2 unspecified atom stereocenters. The number of aliphatic hydroxyl groups is 1. The van der Waals surface area contributed by atoms with Crippen molar-refractivity contribution in [3.8, 4) is 0 Å². The van der Waals surface area contributed by atoms with Gasteiger partial charge in [-0.25, -0.2) is 4.79 Å². The largest absolute Gasteiger partial charge is 0.396 e. The number of carbonyl (C=O) groups excluding carboxylic acids is 1. The molecule has 2 atom stereocenters. The van der Waals surface area contributed by atoms with Crippen LogP contribution in [0.4, 0.5) is 4.79 Å². The van der Waals surface area contributed by atoms with E-state index in [0.717, 1.165) is 19.3 Å². The van der Waals surface area contributed by atoms with Gasteiger partial charge in [0.1, 0.15) is 0 Å². The molecule has 2 amide bonds. The molecule has 1 aliphatic carbocycles. The normalized spacial score (nSPS) is 22.6. The first-order valence-corrected chi connectivity index (χ1v) is 8.05. The molecule has 2 N–H and O–H groups in total. The summed E-state index contributed by atoms with van der Waals surface area (Å²) in [6.07, 6.45) is 3.86. The summed E-state index contributed by atoms with van der Waals surface area (Å²) in [5.41, 5.74) is 0.0641. The summed E-state index contributed by atoms with van der Waals surface area (Å²) >= 11 is 0. The lowest BCUT2D eigenvalue weighted by Gasteiger charge is -2.31. The third kappa shape index (κ3) is 6.66. The van der Waals surface area contributed by atoms with Crippen LogP contribution in [-0.4, -0.2) is 66.8 Å². The highest BCUT2D eigenvalue weighted by atomic mass is 16.3. The quantitative estimate of drug-likeness (QED) is 0.788. The Kier molecular flexibility index (Phi) is 6.94. The van der Waals surface area contributed by atoms with E-state index in [4.69, 9.17) is 5.11 Å². The molecule has 0 aromatic carbocycles. The molecule has 0 aliphatic heterocycles. The monoisotopic (exact) mass is 299 g/mol. The Labute approximate surface area is 129 Å². The molecule has 5 nitrogen and oxygen atoms in total. The minimum Gasteiger partial charge on any atom is -0.396 e. The molecule has 5 heteroatoms. The topological polar surface area (TPSA) is 55.8 Å². The summed E-state index contributed by atoms with van der Waals surface area (Å²) in [4.78, 5) is 16.6. The average Bonchev–Trinajstić information content (AvgIpc) is 2.81. The second-order valence-corrected chi connectivity index (χ2v) is 7.64. The zero-order chi connectivity index (χ0) is 16.0. The zero-order valence-electron chi connectivity index (χ0n) is 14.4. The van der Waals surface area contributed by atoms with E-state index in [1.54, 1.807) is 0 Å². The highest BCUT2D eigenvalue weighted by molar-refractivity contribution is 5.74. The van der Waals surface area contributed by atoms with Crippen LogP contribution < -0.4 is 5.32 Å². The van der Waals surface area contributed by atoms with Crippen LogP contribution in [0.3, 0.4) is 0 Å². The van der Waals surface area contributed by atoms with Crippen LogP contribution in [0, 0.1) is 5.41 Å². The summed E-state index contributed by atoms with van der Waals surface area (Å²) in [7, 11) is 4.20. The van der Waals surface area contributed by atoms with E-state index < -0.39 is 0 Å². The van der Waals surface area contributed by atoms with Crippen LogP contribution in [-0.2, 0) is 0 Å². The zero-order valence-corrected chi connectivity index (χ0v) is 14.4. The van der Waals surface area contributed by atoms with E-state index in [1.165, 1.54) is 0 Å². The van der Waals surface area contributed by atoms with E-state index in [9.17, 15) is 4.79 Å². The summed E-state index contributed by atoms with van der Waals surface area (Å²) in [5.74, 6) is 0. The molecule has 0 heterocycles. The predicted octanol–water partition coefficient (Wildman–Crippen LogP) is 1.91. The molecule has 21 heavy (non-hydrogen) atoms. The first kappa shape index (κ1) is 18.2. The number of hydrogen-bond acceptors (Lipinski definition) is 3. The van der Waals surface area contributed by atoms with Crippen LogP contribution in [0.1, 0.15) is 46.5 Å². The number of amides is 2. The van der Waals surface area contributed by atoms with Crippen LogP contribution >= 0.6 is 0 Å². The third-order valence-corrected chi connectivity index (χ3v) is 4.00. The van der Waals surface area contributed by atoms with Crippen molar-refractivity contribution in [2.45, 2.75) is 58.5 Å². The third-order valence-electron chi connectivity index (χ3n) is 4.00. The van der Waals surface area contributed by atoms with Crippen LogP contribution in [0.2, 0.25) is 0 Å². The van der Waals surface area contributed by atoms with Crippen molar-refractivity contribution in [1.82, 2.24) is 15.1 Å². The van der Waals surface area contributed by atoms with Gasteiger partial charge < -0.3 is 20.2 Å². The molecule has 0 bridgehead atoms. The number of aliphatic hydroxyl groups excluding tert-OH is 1. The number of nitrogens with zero attached hydrogens (tertiary/aromatic N) is 2. The molecule has 0 aromatic rings. The molecule has 0 saturated heterocycles. The molecule has 124 valence electrons. The molecule has 1 fully saturated rings. The average molecular weight is 299 g/mol. The molecule has 0 radical (unpaired) electrons. The van der Waals surface area contributed by atoms with Crippen molar-refractivity contribution in [2.75, 3.05) is 33.8 Å². The lowest BCUT2D eigenvalue weighted by atomic mass is 9.96. The fraction of sp³-hybridized carbons (Fsp3) is 0.938. The standard InChI is InChI=1S/C16H33N3O2/c1-16(2,3)12-19(9-6-10-20)15(21)17-13-7-8-14(11-13)18(4)5/h13-14,20H,6-12H2,1-5H3,(H,17,21). The number of carbonyl (C=O) groups is 1. The second-order valence-electron chi connectivity index (χ2n) is 7.64. The molecule has 0 spiro atoms. The van der Waals surface area contributed by atoms with Gasteiger partial charge in [-0.3, -0.25) is 0 Å². The lowest BCUT2D eigenvalue weighted by molar-refractivity contribution is 0.161. The first-order valence-electron chi connectivity index (χ1n) is 8.05. The van der Waals surface area contributed by atoms with Crippen molar-refractivity contribution >= 4 is 6.03 Å². The predicted molar refractivity (Wildman–Crippen MR) is 86.4 cm³/mol. The first-order chi connectivity index (χ1) is 9.73. The highest BCUT2D eigenvalue weighted by Crippen LogP contribution is 2.23. The van der Waals surface area contributed by atoms with Gasteiger partial charge in [0.2, 0.25) is 0 Å². The molecular formula is C16H33N3O2. The SMILES string of the molecule is CN(C)C1CCC(NC(=O)N(CCCO)CC(C)(C)C)C1. The maximum absolute atomic E-state index is 12.5. The Morgan fingerprint density at radius 3 is 2.43 bits per heavy atom. The molecule has 1 saturated carbocycles. The minimum absolute atomic E-state index is 0.0165. The smallest absolute Gasteiger partial charge is 0.317 e. The maximum Gasteiger partial charge on any atom is 0.317 e. The van der Waals surface area contributed by atoms with Gasteiger partial charge in [0, 0.05) is 31.8 Å². The Morgan fingerprint density at radius 2 is 1.95 bits per heavy atom. The van der Waals surface area contributed by atoms with Gasteiger partial charge in [0.05, 0.1) is 0 Å². The van der Waals surface area contributed by atoms with Crippen LogP contribution in [0.25, 0.3) is 0 Å². The second kappa shape index (κ2) is 7.99. The van der Waals surface area contributed by atoms with E-state index in [0.29, 0.717) is 25.6 Å². The van der Waals surface area contributed by atoms with Gasteiger partial charge in [-0.05, 0) is 45.2 Å². The summed E-state index contributed by atoms with van der Waals surface area (Å²) in [5, 5.41) is 12.2. The molecule has 1 rings (SSSR count). The number of nitrogens with one attached hydrogen (secondary N) is 1. The van der Waals surface area contributed by atoms with Crippen LogP contribution in [0.15, 0.2) is 0 Å². The number of rotatable bonds is 6.